The second-order valence-corrected chi connectivity index (χ2v) is 3.49. The average molecular weight is 189 g/mol. The van der Waals surface area contributed by atoms with Crippen LogP contribution in [-0.4, -0.2) is 26.1 Å². The molecule has 5 nitrogen and oxygen atoms in total. The van der Waals surface area contributed by atoms with Gasteiger partial charge < -0.3 is 9.88 Å². The van der Waals surface area contributed by atoms with Gasteiger partial charge in [-0.05, 0) is 6.42 Å². The molecule has 0 amide bonds. The van der Waals surface area contributed by atoms with Crippen LogP contribution in [0.25, 0.3) is 11.2 Å². The Bertz CT molecular complexity index is 475. The van der Waals surface area contributed by atoms with Crippen molar-refractivity contribution in [2.24, 2.45) is 0 Å². The van der Waals surface area contributed by atoms with E-state index >= 15 is 0 Å². The van der Waals surface area contributed by atoms with Gasteiger partial charge in [0.2, 0.25) is 0 Å². The molecular formula is C9H11N5. The van der Waals surface area contributed by atoms with Crippen LogP contribution in [0.3, 0.4) is 0 Å². The van der Waals surface area contributed by atoms with E-state index in [2.05, 4.69) is 31.8 Å². The molecule has 5 heteroatoms. The standard InChI is InChI=1S/C9H11N5/c1-2-6-3-10-8-7-9(12-4-11-8)13-5-14(6)7/h4-6H,2-3H2,1H3,(H,10,11,12). The van der Waals surface area contributed by atoms with Crippen LogP contribution in [0.4, 0.5) is 5.82 Å². The van der Waals surface area contributed by atoms with E-state index in [9.17, 15) is 0 Å². The van der Waals surface area contributed by atoms with Gasteiger partial charge in [0.1, 0.15) is 11.8 Å². The van der Waals surface area contributed by atoms with Crippen molar-refractivity contribution < 1.29 is 0 Å². The Hall–Kier alpha value is -1.65. The molecule has 3 heterocycles. The topological polar surface area (TPSA) is 55.6 Å². The van der Waals surface area contributed by atoms with E-state index in [4.69, 9.17) is 0 Å². The molecule has 0 aliphatic carbocycles. The van der Waals surface area contributed by atoms with E-state index in [0.717, 1.165) is 29.9 Å². The van der Waals surface area contributed by atoms with E-state index in [-0.39, 0.29) is 0 Å². The first-order valence-corrected chi connectivity index (χ1v) is 4.81. The number of nitrogens with one attached hydrogen (secondary N) is 1. The monoisotopic (exact) mass is 189 g/mol. The molecule has 0 fully saturated rings. The van der Waals surface area contributed by atoms with Crippen molar-refractivity contribution in [2.45, 2.75) is 19.4 Å². The number of aromatic nitrogens is 4. The van der Waals surface area contributed by atoms with Gasteiger partial charge in [0, 0.05) is 6.54 Å². The largest absolute Gasteiger partial charge is 0.366 e. The summed E-state index contributed by atoms with van der Waals surface area (Å²) in [6.45, 7) is 3.10. The third kappa shape index (κ3) is 0.865. The third-order valence-corrected chi connectivity index (χ3v) is 2.74. The summed E-state index contributed by atoms with van der Waals surface area (Å²) in [5.41, 5.74) is 1.81. The summed E-state index contributed by atoms with van der Waals surface area (Å²) in [6.07, 6.45) is 4.50. The highest BCUT2D eigenvalue weighted by atomic mass is 15.2. The van der Waals surface area contributed by atoms with Gasteiger partial charge >= 0.3 is 0 Å². The van der Waals surface area contributed by atoms with Gasteiger partial charge in [-0.3, -0.25) is 0 Å². The molecule has 1 N–H and O–H groups in total. The summed E-state index contributed by atoms with van der Waals surface area (Å²) in [6, 6.07) is 0.471. The second kappa shape index (κ2) is 2.67. The minimum Gasteiger partial charge on any atom is -0.366 e. The molecule has 0 saturated carbocycles. The first-order valence-electron chi connectivity index (χ1n) is 4.81. The predicted octanol–water partition coefficient (Wildman–Crippen LogP) is 1.20. The van der Waals surface area contributed by atoms with Crippen LogP contribution in [-0.2, 0) is 0 Å². The summed E-state index contributed by atoms with van der Waals surface area (Å²) in [5, 5.41) is 3.30. The van der Waals surface area contributed by atoms with Crippen molar-refractivity contribution in [3.63, 3.8) is 0 Å². The zero-order valence-electron chi connectivity index (χ0n) is 7.94. The van der Waals surface area contributed by atoms with E-state index in [0.29, 0.717) is 6.04 Å². The summed E-state index contributed by atoms with van der Waals surface area (Å²) in [7, 11) is 0. The minimum absolute atomic E-state index is 0.471. The summed E-state index contributed by atoms with van der Waals surface area (Å²) < 4.78 is 2.17. The Labute approximate surface area is 81.2 Å². The van der Waals surface area contributed by atoms with Crippen LogP contribution in [0.1, 0.15) is 19.4 Å². The number of rotatable bonds is 1. The Morgan fingerprint density at radius 2 is 2.43 bits per heavy atom. The number of imidazole rings is 1. The number of hydrogen-bond acceptors (Lipinski definition) is 4. The lowest BCUT2D eigenvalue weighted by Gasteiger charge is -2.24. The first-order chi connectivity index (χ1) is 6.90. The van der Waals surface area contributed by atoms with E-state index in [1.807, 2.05) is 6.33 Å². The molecule has 1 unspecified atom stereocenters. The quantitative estimate of drug-likeness (QED) is 0.732. The Morgan fingerprint density at radius 1 is 1.50 bits per heavy atom. The fraction of sp³-hybridized carbons (Fsp3) is 0.444. The highest BCUT2D eigenvalue weighted by Crippen LogP contribution is 2.27. The molecular weight excluding hydrogens is 178 g/mol. The fourth-order valence-corrected chi connectivity index (χ4v) is 1.94. The van der Waals surface area contributed by atoms with Gasteiger partial charge in [-0.25, -0.2) is 15.0 Å². The van der Waals surface area contributed by atoms with Gasteiger partial charge in [0.25, 0.3) is 0 Å². The maximum atomic E-state index is 4.26. The van der Waals surface area contributed by atoms with Gasteiger partial charge in [0.15, 0.2) is 11.5 Å². The number of hydrogen-bond donors (Lipinski definition) is 1. The van der Waals surface area contributed by atoms with Crippen molar-refractivity contribution in [3.8, 4) is 0 Å². The molecule has 1 aliphatic heterocycles. The lowest BCUT2D eigenvalue weighted by Crippen LogP contribution is -2.23. The number of anilines is 1. The molecule has 72 valence electrons. The summed E-state index contributed by atoms with van der Waals surface area (Å²) >= 11 is 0. The SMILES string of the molecule is CCC1CNc2ncnc3ncn1c23. The van der Waals surface area contributed by atoms with Crippen molar-refractivity contribution in [1.82, 2.24) is 19.5 Å². The molecule has 0 saturated heterocycles. The van der Waals surface area contributed by atoms with Crippen LogP contribution in [0.15, 0.2) is 12.7 Å². The van der Waals surface area contributed by atoms with Gasteiger partial charge in [-0.15, -0.1) is 0 Å². The molecule has 0 spiro atoms. The summed E-state index contributed by atoms with van der Waals surface area (Å²) in [5.74, 6) is 0.900. The maximum absolute atomic E-state index is 4.26. The molecule has 1 aliphatic rings. The molecule has 0 bridgehead atoms. The van der Waals surface area contributed by atoms with Crippen LogP contribution in [0, 0.1) is 0 Å². The van der Waals surface area contributed by atoms with Crippen LogP contribution in [0.2, 0.25) is 0 Å². The summed E-state index contributed by atoms with van der Waals surface area (Å²) in [4.78, 5) is 12.6. The van der Waals surface area contributed by atoms with Crippen molar-refractivity contribution in [1.29, 1.82) is 0 Å². The molecule has 0 radical (unpaired) electrons. The maximum Gasteiger partial charge on any atom is 0.182 e. The third-order valence-electron chi connectivity index (χ3n) is 2.74. The van der Waals surface area contributed by atoms with Gasteiger partial charge in [0.05, 0.1) is 12.4 Å². The lowest BCUT2D eigenvalue weighted by molar-refractivity contribution is 0.511. The molecule has 14 heavy (non-hydrogen) atoms. The smallest absolute Gasteiger partial charge is 0.182 e. The molecule has 3 rings (SSSR count). The predicted molar refractivity (Wildman–Crippen MR) is 53.1 cm³/mol. The Balaban J connectivity index is 2.33. The zero-order chi connectivity index (χ0) is 9.54. The van der Waals surface area contributed by atoms with Crippen molar-refractivity contribution >= 4 is 17.0 Å². The fourth-order valence-electron chi connectivity index (χ4n) is 1.94. The molecule has 1 atom stereocenters. The van der Waals surface area contributed by atoms with Crippen LogP contribution >= 0.6 is 0 Å². The van der Waals surface area contributed by atoms with Crippen molar-refractivity contribution in [2.75, 3.05) is 11.9 Å². The Morgan fingerprint density at radius 3 is 3.29 bits per heavy atom. The zero-order valence-corrected chi connectivity index (χ0v) is 7.94. The molecule has 0 aromatic carbocycles. The number of nitrogens with zero attached hydrogens (tertiary/aromatic N) is 4. The van der Waals surface area contributed by atoms with Crippen LogP contribution in [0.5, 0.6) is 0 Å². The van der Waals surface area contributed by atoms with Crippen LogP contribution < -0.4 is 5.32 Å². The van der Waals surface area contributed by atoms with E-state index in [1.54, 1.807) is 6.33 Å². The molecule has 2 aromatic rings. The first kappa shape index (κ1) is 7.73. The lowest BCUT2D eigenvalue weighted by atomic mass is 10.2. The van der Waals surface area contributed by atoms with E-state index in [1.165, 1.54) is 0 Å². The second-order valence-electron chi connectivity index (χ2n) is 3.49. The average Bonchev–Trinajstić information content (AvgIpc) is 2.66. The van der Waals surface area contributed by atoms with Gasteiger partial charge in [-0.2, -0.15) is 0 Å². The van der Waals surface area contributed by atoms with Crippen molar-refractivity contribution in [3.05, 3.63) is 12.7 Å². The highest BCUT2D eigenvalue weighted by Gasteiger charge is 2.21. The normalized spacial score (nSPS) is 19.6. The Kier molecular flexibility index (Phi) is 1.47. The van der Waals surface area contributed by atoms with Gasteiger partial charge in [-0.1, -0.05) is 6.92 Å². The molecule has 2 aromatic heterocycles. The van der Waals surface area contributed by atoms with E-state index < -0.39 is 0 Å². The highest BCUT2D eigenvalue weighted by molar-refractivity contribution is 5.83. The minimum atomic E-state index is 0.471.